The van der Waals surface area contributed by atoms with E-state index in [0.717, 1.165) is 53.8 Å². The van der Waals surface area contributed by atoms with Crippen molar-refractivity contribution in [2.75, 3.05) is 11.9 Å². The summed E-state index contributed by atoms with van der Waals surface area (Å²) in [6.45, 7) is 0.0427. The Morgan fingerprint density at radius 2 is 1.34 bits per heavy atom. The molecule has 0 unspecified atom stereocenters. The van der Waals surface area contributed by atoms with Gasteiger partial charge >= 0.3 is 0 Å². The van der Waals surface area contributed by atoms with Crippen LogP contribution in [-0.4, -0.2) is 18.4 Å². The maximum atomic E-state index is 13.0. The van der Waals surface area contributed by atoms with Crippen LogP contribution in [0.15, 0.2) is 54.6 Å². The van der Waals surface area contributed by atoms with Gasteiger partial charge in [0.05, 0.1) is 6.54 Å². The molecule has 4 nitrogen and oxygen atoms in total. The molecule has 0 spiro atoms. The van der Waals surface area contributed by atoms with Crippen molar-refractivity contribution in [2.45, 2.75) is 38.5 Å². The third-order valence-corrected chi connectivity index (χ3v) is 7.21. The molecule has 4 aliphatic rings. The number of benzene rings is 2. The van der Waals surface area contributed by atoms with Crippen molar-refractivity contribution in [2.24, 2.45) is 23.2 Å². The van der Waals surface area contributed by atoms with E-state index in [1.807, 2.05) is 42.5 Å². The lowest BCUT2D eigenvalue weighted by Crippen LogP contribution is -2.54. The van der Waals surface area contributed by atoms with E-state index in [9.17, 15) is 9.59 Å². The summed E-state index contributed by atoms with van der Waals surface area (Å²) in [5.41, 5.74) is 2.80. The van der Waals surface area contributed by atoms with Crippen LogP contribution in [0.2, 0.25) is 0 Å². The van der Waals surface area contributed by atoms with Gasteiger partial charge in [-0.3, -0.25) is 9.59 Å². The summed E-state index contributed by atoms with van der Waals surface area (Å²) in [4.78, 5) is 25.3. The predicted molar refractivity (Wildman–Crippen MR) is 114 cm³/mol. The number of carbonyl (C=O) groups is 2. The molecule has 4 bridgehead atoms. The fraction of sp³-hybridized carbons (Fsp3) is 0.440. The van der Waals surface area contributed by atoms with E-state index in [1.165, 1.54) is 19.3 Å². The normalized spacial score (nSPS) is 29.4. The summed E-state index contributed by atoms with van der Waals surface area (Å²) < 4.78 is 0. The van der Waals surface area contributed by atoms with E-state index in [2.05, 4.69) is 22.8 Å². The third-order valence-electron chi connectivity index (χ3n) is 7.21. The molecular weight excluding hydrogens is 360 g/mol. The van der Waals surface area contributed by atoms with E-state index in [1.54, 1.807) is 0 Å². The van der Waals surface area contributed by atoms with Crippen molar-refractivity contribution in [3.05, 3.63) is 54.6 Å². The Balaban J connectivity index is 1.16. The minimum Gasteiger partial charge on any atom is -0.347 e. The molecule has 29 heavy (non-hydrogen) atoms. The van der Waals surface area contributed by atoms with Gasteiger partial charge in [-0.05, 0) is 79.5 Å². The smallest absolute Gasteiger partial charge is 0.243 e. The number of hydrogen-bond donors (Lipinski definition) is 2. The Kier molecular flexibility index (Phi) is 4.65. The monoisotopic (exact) mass is 388 g/mol. The summed E-state index contributed by atoms with van der Waals surface area (Å²) in [6, 6.07) is 18.0. The third kappa shape index (κ3) is 3.68. The largest absolute Gasteiger partial charge is 0.347 e. The average Bonchev–Trinajstić information content (AvgIpc) is 2.72. The quantitative estimate of drug-likeness (QED) is 0.785. The fourth-order valence-electron chi connectivity index (χ4n) is 6.32. The van der Waals surface area contributed by atoms with Crippen LogP contribution in [0.3, 0.4) is 0 Å². The molecule has 0 atom stereocenters. The van der Waals surface area contributed by atoms with Crippen LogP contribution >= 0.6 is 0 Å². The number of carbonyl (C=O) groups excluding carboxylic acids is 2. The minimum absolute atomic E-state index is 0.0427. The van der Waals surface area contributed by atoms with Crippen molar-refractivity contribution in [1.82, 2.24) is 5.32 Å². The van der Waals surface area contributed by atoms with Gasteiger partial charge in [0.25, 0.3) is 0 Å². The molecule has 0 aliphatic heterocycles. The highest BCUT2D eigenvalue weighted by atomic mass is 16.2. The number of anilines is 1. The zero-order chi connectivity index (χ0) is 19.8. The second-order valence-corrected chi connectivity index (χ2v) is 9.37. The van der Waals surface area contributed by atoms with Gasteiger partial charge in [0.1, 0.15) is 0 Å². The molecule has 4 heteroatoms. The Labute approximate surface area is 172 Å². The van der Waals surface area contributed by atoms with Crippen LogP contribution in [0.4, 0.5) is 5.69 Å². The first kappa shape index (κ1) is 18.4. The van der Waals surface area contributed by atoms with E-state index < -0.39 is 0 Å². The molecule has 4 saturated carbocycles. The molecule has 150 valence electrons. The molecule has 6 rings (SSSR count). The Bertz CT molecular complexity index is 869. The van der Waals surface area contributed by atoms with Crippen LogP contribution in [0.1, 0.15) is 38.5 Å². The van der Waals surface area contributed by atoms with Crippen LogP contribution < -0.4 is 10.6 Å². The van der Waals surface area contributed by atoms with Gasteiger partial charge in [0.15, 0.2) is 0 Å². The Morgan fingerprint density at radius 1 is 0.793 bits per heavy atom. The number of amides is 2. The second-order valence-electron chi connectivity index (χ2n) is 9.37. The van der Waals surface area contributed by atoms with Crippen LogP contribution in [0.25, 0.3) is 11.1 Å². The highest BCUT2D eigenvalue weighted by Crippen LogP contribution is 2.60. The maximum absolute atomic E-state index is 13.0. The molecule has 4 aliphatic carbocycles. The standard InChI is InChI=1S/C25H28N2O2/c28-23(27-22-8-6-21(7-9-22)20-4-2-1-3-5-20)16-26-24(29)25-13-17-10-18(14-25)12-19(11-17)15-25/h1-9,17-19H,10-16H2,(H,26,29)(H,27,28). The molecule has 4 fully saturated rings. The topological polar surface area (TPSA) is 58.2 Å². The zero-order valence-corrected chi connectivity index (χ0v) is 16.7. The van der Waals surface area contributed by atoms with Gasteiger partial charge in [0.2, 0.25) is 11.8 Å². The Morgan fingerprint density at radius 3 is 1.93 bits per heavy atom. The summed E-state index contributed by atoms with van der Waals surface area (Å²) in [5, 5.41) is 5.84. The van der Waals surface area contributed by atoms with Gasteiger partial charge in [-0.2, -0.15) is 0 Å². The molecule has 2 aromatic carbocycles. The van der Waals surface area contributed by atoms with Crippen LogP contribution in [-0.2, 0) is 9.59 Å². The number of hydrogen-bond acceptors (Lipinski definition) is 2. The summed E-state index contributed by atoms with van der Waals surface area (Å²) in [5.74, 6) is 2.11. The van der Waals surface area contributed by atoms with Gasteiger partial charge in [0, 0.05) is 11.1 Å². The lowest BCUT2D eigenvalue weighted by molar-refractivity contribution is -0.146. The molecule has 0 aromatic heterocycles. The van der Waals surface area contributed by atoms with Crippen molar-refractivity contribution >= 4 is 17.5 Å². The van der Waals surface area contributed by atoms with Crippen molar-refractivity contribution in [3.8, 4) is 11.1 Å². The van der Waals surface area contributed by atoms with Gasteiger partial charge < -0.3 is 10.6 Å². The first-order chi connectivity index (χ1) is 14.1. The highest BCUT2D eigenvalue weighted by molar-refractivity contribution is 5.95. The SMILES string of the molecule is O=C(CNC(=O)C12CC3CC(CC(C3)C1)C2)Nc1ccc(-c2ccccc2)cc1. The van der Waals surface area contributed by atoms with Crippen molar-refractivity contribution in [1.29, 1.82) is 0 Å². The minimum atomic E-state index is -0.202. The van der Waals surface area contributed by atoms with Gasteiger partial charge in [-0.1, -0.05) is 42.5 Å². The summed E-state index contributed by atoms with van der Waals surface area (Å²) in [7, 11) is 0. The molecule has 2 amide bonds. The molecule has 0 heterocycles. The first-order valence-corrected chi connectivity index (χ1v) is 10.8. The van der Waals surface area contributed by atoms with Crippen molar-refractivity contribution < 1.29 is 9.59 Å². The Hall–Kier alpha value is -2.62. The summed E-state index contributed by atoms with van der Waals surface area (Å²) in [6.07, 6.45) is 7.00. The predicted octanol–water partition coefficient (Wildman–Crippen LogP) is 4.62. The zero-order valence-electron chi connectivity index (χ0n) is 16.7. The maximum Gasteiger partial charge on any atom is 0.243 e. The van der Waals surface area contributed by atoms with Crippen LogP contribution in [0, 0.1) is 23.2 Å². The lowest BCUT2D eigenvalue weighted by atomic mass is 9.49. The van der Waals surface area contributed by atoms with Gasteiger partial charge in [-0.15, -0.1) is 0 Å². The molecule has 0 radical (unpaired) electrons. The molecule has 2 N–H and O–H groups in total. The molecular formula is C25H28N2O2. The van der Waals surface area contributed by atoms with Gasteiger partial charge in [-0.25, -0.2) is 0 Å². The van der Waals surface area contributed by atoms with E-state index in [0.29, 0.717) is 0 Å². The first-order valence-electron chi connectivity index (χ1n) is 10.8. The highest BCUT2D eigenvalue weighted by Gasteiger charge is 2.54. The van der Waals surface area contributed by atoms with Crippen LogP contribution in [0.5, 0.6) is 0 Å². The van der Waals surface area contributed by atoms with E-state index >= 15 is 0 Å². The fourth-order valence-corrected chi connectivity index (χ4v) is 6.32. The number of nitrogens with one attached hydrogen (secondary N) is 2. The average molecular weight is 389 g/mol. The molecule has 0 saturated heterocycles. The van der Waals surface area contributed by atoms with Crippen molar-refractivity contribution in [3.63, 3.8) is 0 Å². The number of rotatable bonds is 5. The lowest BCUT2D eigenvalue weighted by Gasteiger charge is -2.55. The van der Waals surface area contributed by atoms with E-state index in [-0.39, 0.29) is 23.8 Å². The second kappa shape index (κ2) is 7.33. The summed E-state index contributed by atoms with van der Waals surface area (Å²) >= 11 is 0. The molecule has 2 aromatic rings. The van der Waals surface area contributed by atoms with E-state index in [4.69, 9.17) is 0 Å².